The van der Waals surface area contributed by atoms with Gasteiger partial charge in [0, 0.05) is 31.6 Å². The van der Waals surface area contributed by atoms with Crippen LogP contribution in [0.15, 0.2) is 36.4 Å². The Morgan fingerprint density at radius 2 is 1.80 bits per heavy atom. The summed E-state index contributed by atoms with van der Waals surface area (Å²) in [4.78, 5) is 2.11. The maximum Gasteiger partial charge on any atom is 0.387 e. The number of nitrogens with one attached hydrogen (secondary N) is 1. The van der Waals surface area contributed by atoms with E-state index in [1.165, 1.54) is 0 Å². The van der Waals surface area contributed by atoms with Crippen LogP contribution in [0.5, 0.6) is 5.75 Å². The SMILES string of the molecule is FC(F)Oc1ccc2ccccc2c1N1CCNCC1. The second kappa shape index (κ2) is 5.63. The fourth-order valence-corrected chi connectivity index (χ4v) is 2.64. The first kappa shape index (κ1) is 13.1. The van der Waals surface area contributed by atoms with Gasteiger partial charge in [0.25, 0.3) is 0 Å². The first-order valence-electron chi connectivity index (χ1n) is 6.68. The van der Waals surface area contributed by atoms with Crippen molar-refractivity contribution in [3.63, 3.8) is 0 Å². The topological polar surface area (TPSA) is 24.5 Å². The van der Waals surface area contributed by atoms with Gasteiger partial charge in [-0.15, -0.1) is 0 Å². The molecule has 0 radical (unpaired) electrons. The quantitative estimate of drug-likeness (QED) is 0.934. The summed E-state index contributed by atoms with van der Waals surface area (Å²) < 4.78 is 29.9. The predicted molar refractivity (Wildman–Crippen MR) is 75.7 cm³/mol. The smallest absolute Gasteiger partial charge is 0.387 e. The number of fused-ring (bicyclic) bond motifs is 1. The Hall–Kier alpha value is -1.88. The van der Waals surface area contributed by atoms with E-state index in [0.717, 1.165) is 42.6 Å². The molecule has 0 atom stereocenters. The molecule has 1 aliphatic heterocycles. The van der Waals surface area contributed by atoms with Gasteiger partial charge < -0.3 is 15.0 Å². The Bertz CT molecular complexity index is 597. The van der Waals surface area contributed by atoms with Gasteiger partial charge >= 0.3 is 6.61 Å². The molecule has 0 aromatic heterocycles. The molecule has 0 amide bonds. The van der Waals surface area contributed by atoms with Gasteiger partial charge in [0.2, 0.25) is 0 Å². The van der Waals surface area contributed by atoms with Crippen molar-refractivity contribution in [3.8, 4) is 5.75 Å². The first-order chi connectivity index (χ1) is 9.75. The Morgan fingerprint density at radius 1 is 1.05 bits per heavy atom. The predicted octanol–water partition coefficient (Wildman–Crippen LogP) is 2.85. The monoisotopic (exact) mass is 278 g/mol. The number of hydrogen-bond donors (Lipinski definition) is 1. The Balaban J connectivity index is 2.11. The third-order valence-corrected chi connectivity index (χ3v) is 3.51. The van der Waals surface area contributed by atoms with Crippen LogP contribution in [-0.4, -0.2) is 32.8 Å². The zero-order valence-corrected chi connectivity index (χ0v) is 11.0. The maximum absolute atomic E-state index is 12.6. The van der Waals surface area contributed by atoms with Gasteiger partial charge in [0.1, 0.15) is 5.75 Å². The highest BCUT2D eigenvalue weighted by Gasteiger charge is 2.19. The third-order valence-electron chi connectivity index (χ3n) is 3.51. The van der Waals surface area contributed by atoms with Gasteiger partial charge in [-0.3, -0.25) is 0 Å². The Morgan fingerprint density at radius 3 is 2.55 bits per heavy atom. The average Bonchev–Trinajstić information content (AvgIpc) is 2.47. The summed E-state index contributed by atoms with van der Waals surface area (Å²) in [6, 6.07) is 11.2. The van der Waals surface area contributed by atoms with Gasteiger partial charge in [0.05, 0.1) is 5.69 Å². The average molecular weight is 278 g/mol. The number of piperazine rings is 1. The summed E-state index contributed by atoms with van der Waals surface area (Å²) in [7, 11) is 0. The molecule has 1 N–H and O–H groups in total. The molecule has 3 rings (SSSR count). The highest BCUT2D eigenvalue weighted by molar-refractivity contribution is 5.97. The van der Waals surface area contributed by atoms with E-state index in [0.29, 0.717) is 0 Å². The zero-order valence-electron chi connectivity index (χ0n) is 11.0. The molecule has 0 unspecified atom stereocenters. The summed E-state index contributed by atoms with van der Waals surface area (Å²) in [5.41, 5.74) is 0.768. The van der Waals surface area contributed by atoms with Gasteiger partial charge in [-0.05, 0) is 11.5 Å². The molecular formula is C15H16F2N2O. The number of ether oxygens (including phenoxy) is 1. The summed E-state index contributed by atoms with van der Waals surface area (Å²) in [5, 5.41) is 5.24. The molecule has 5 heteroatoms. The number of rotatable bonds is 3. The number of benzene rings is 2. The molecule has 2 aromatic rings. The molecule has 3 nitrogen and oxygen atoms in total. The van der Waals surface area contributed by atoms with Crippen LogP contribution < -0.4 is 15.0 Å². The minimum atomic E-state index is -2.81. The van der Waals surface area contributed by atoms with Crippen LogP contribution >= 0.6 is 0 Å². The zero-order chi connectivity index (χ0) is 13.9. The molecular weight excluding hydrogens is 262 g/mol. The van der Waals surface area contributed by atoms with Crippen molar-refractivity contribution in [2.75, 3.05) is 31.1 Å². The van der Waals surface area contributed by atoms with Crippen molar-refractivity contribution in [1.82, 2.24) is 5.32 Å². The molecule has 0 bridgehead atoms. The fraction of sp³-hybridized carbons (Fsp3) is 0.333. The Kier molecular flexibility index (Phi) is 3.69. The van der Waals surface area contributed by atoms with E-state index in [1.54, 1.807) is 6.07 Å². The van der Waals surface area contributed by atoms with Crippen LogP contribution in [0.25, 0.3) is 10.8 Å². The molecule has 2 aromatic carbocycles. The van der Waals surface area contributed by atoms with E-state index in [4.69, 9.17) is 4.74 Å². The van der Waals surface area contributed by atoms with E-state index in [-0.39, 0.29) is 5.75 Å². The van der Waals surface area contributed by atoms with E-state index < -0.39 is 6.61 Å². The van der Waals surface area contributed by atoms with Crippen molar-refractivity contribution >= 4 is 16.5 Å². The molecule has 1 aliphatic rings. The van der Waals surface area contributed by atoms with Crippen molar-refractivity contribution in [1.29, 1.82) is 0 Å². The number of alkyl halides is 2. The molecule has 106 valence electrons. The number of anilines is 1. The standard InChI is InChI=1S/C15H16F2N2O/c16-15(17)20-13-6-5-11-3-1-2-4-12(11)14(13)19-9-7-18-8-10-19/h1-6,15,18H,7-10H2. The number of nitrogens with zero attached hydrogens (tertiary/aromatic N) is 1. The lowest BCUT2D eigenvalue weighted by Gasteiger charge is -2.31. The lowest BCUT2D eigenvalue weighted by atomic mass is 10.1. The maximum atomic E-state index is 12.6. The molecule has 0 spiro atoms. The minimum absolute atomic E-state index is 0.251. The fourth-order valence-electron chi connectivity index (χ4n) is 2.64. The molecule has 1 fully saturated rings. The van der Waals surface area contributed by atoms with E-state index in [2.05, 4.69) is 10.2 Å². The minimum Gasteiger partial charge on any atom is -0.433 e. The van der Waals surface area contributed by atoms with Crippen molar-refractivity contribution in [3.05, 3.63) is 36.4 Å². The highest BCUT2D eigenvalue weighted by atomic mass is 19.3. The normalized spacial score (nSPS) is 15.8. The molecule has 1 saturated heterocycles. The Labute approximate surface area is 116 Å². The molecule has 0 aliphatic carbocycles. The van der Waals surface area contributed by atoms with Gasteiger partial charge in [0.15, 0.2) is 0 Å². The summed E-state index contributed by atoms with van der Waals surface area (Å²) in [5.74, 6) is 0.251. The molecule has 0 saturated carbocycles. The van der Waals surface area contributed by atoms with Crippen molar-refractivity contribution in [2.24, 2.45) is 0 Å². The van der Waals surface area contributed by atoms with E-state index in [9.17, 15) is 8.78 Å². The largest absolute Gasteiger partial charge is 0.433 e. The van der Waals surface area contributed by atoms with Crippen LogP contribution in [0.2, 0.25) is 0 Å². The highest BCUT2D eigenvalue weighted by Crippen LogP contribution is 2.37. The first-order valence-corrected chi connectivity index (χ1v) is 6.68. The molecule has 1 heterocycles. The second-order valence-electron chi connectivity index (χ2n) is 4.75. The lowest BCUT2D eigenvalue weighted by molar-refractivity contribution is -0.0494. The van der Waals surface area contributed by atoms with Gasteiger partial charge in [-0.25, -0.2) is 0 Å². The van der Waals surface area contributed by atoms with Crippen LogP contribution in [0.1, 0.15) is 0 Å². The van der Waals surface area contributed by atoms with E-state index in [1.807, 2.05) is 30.3 Å². The summed E-state index contributed by atoms with van der Waals surface area (Å²) in [6.45, 7) is 0.452. The van der Waals surface area contributed by atoms with Crippen LogP contribution in [0, 0.1) is 0 Å². The lowest BCUT2D eigenvalue weighted by Crippen LogP contribution is -2.43. The second-order valence-corrected chi connectivity index (χ2v) is 4.75. The van der Waals surface area contributed by atoms with Crippen LogP contribution in [-0.2, 0) is 0 Å². The number of halogens is 2. The van der Waals surface area contributed by atoms with Crippen molar-refractivity contribution in [2.45, 2.75) is 6.61 Å². The van der Waals surface area contributed by atoms with Gasteiger partial charge in [-0.2, -0.15) is 8.78 Å². The van der Waals surface area contributed by atoms with Gasteiger partial charge in [-0.1, -0.05) is 30.3 Å². The summed E-state index contributed by atoms with van der Waals surface area (Å²) in [6.07, 6.45) is 0. The third kappa shape index (κ3) is 2.54. The molecule has 20 heavy (non-hydrogen) atoms. The number of hydrogen-bond acceptors (Lipinski definition) is 3. The van der Waals surface area contributed by atoms with E-state index >= 15 is 0 Å². The van der Waals surface area contributed by atoms with Crippen LogP contribution in [0.4, 0.5) is 14.5 Å². The van der Waals surface area contributed by atoms with Crippen molar-refractivity contribution < 1.29 is 13.5 Å². The van der Waals surface area contributed by atoms with Crippen LogP contribution in [0.3, 0.4) is 0 Å². The summed E-state index contributed by atoms with van der Waals surface area (Å²) >= 11 is 0.